The Labute approximate surface area is 235 Å². The first-order valence-electron chi connectivity index (χ1n) is 13.9. The molecule has 40 heavy (non-hydrogen) atoms. The molecule has 0 bridgehead atoms. The topological polar surface area (TPSA) is 52.8 Å². The van der Waals surface area contributed by atoms with Crippen LogP contribution in [0.15, 0.2) is 103 Å². The Morgan fingerprint density at radius 2 is 1.30 bits per heavy atom. The highest BCUT2D eigenvalue weighted by molar-refractivity contribution is 6.68. The van der Waals surface area contributed by atoms with E-state index in [1.54, 1.807) is 12.4 Å². The Kier molecular flexibility index (Phi) is 5.65. The third-order valence-electron chi connectivity index (χ3n) is 8.75. The summed E-state index contributed by atoms with van der Waals surface area (Å²) in [7, 11) is 0. The molecule has 5 nitrogen and oxygen atoms in total. The van der Waals surface area contributed by atoms with Crippen molar-refractivity contribution in [1.29, 1.82) is 0 Å². The molecule has 1 fully saturated rings. The number of pyridine rings is 3. The minimum absolute atomic E-state index is 0.0476. The van der Waals surface area contributed by atoms with Crippen molar-refractivity contribution in [3.63, 3.8) is 0 Å². The molecule has 4 aromatic heterocycles. The molecular formula is C34H31BN4O. The van der Waals surface area contributed by atoms with E-state index in [-0.39, 0.29) is 17.9 Å². The lowest BCUT2D eigenvalue weighted by molar-refractivity contribution is 0.0375. The van der Waals surface area contributed by atoms with Crippen molar-refractivity contribution < 1.29 is 4.65 Å². The molecule has 0 saturated carbocycles. The van der Waals surface area contributed by atoms with E-state index in [4.69, 9.17) is 9.64 Å². The predicted octanol–water partition coefficient (Wildman–Crippen LogP) is 7.34. The minimum Gasteiger partial charge on any atom is -0.426 e. The smallest absolute Gasteiger partial charge is 0.328 e. The molecule has 0 N–H and O–H groups in total. The van der Waals surface area contributed by atoms with E-state index in [1.807, 2.05) is 36.4 Å². The van der Waals surface area contributed by atoms with Gasteiger partial charge in [-0.05, 0) is 79.6 Å². The normalized spacial score (nSPS) is 16.1. The van der Waals surface area contributed by atoms with E-state index in [9.17, 15) is 0 Å². The van der Waals surface area contributed by atoms with Gasteiger partial charge in [-0.15, -0.1) is 0 Å². The first-order chi connectivity index (χ1) is 19.3. The maximum absolute atomic E-state index is 6.64. The van der Waals surface area contributed by atoms with Crippen LogP contribution in [0.1, 0.15) is 27.7 Å². The summed E-state index contributed by atoms with van der Waals surface area (Å²) >= 11 is 0. The second kappa shape index (κ2) is 9.14. The molecular weight excluding hydrogens is 491 g/mol. The number of para-hydroxylation sites is 1. The van der Waals surface area contributed by atoms with E-state index < -0.39 is 0 Å². The summed E-state index contributed by atoms with van der Waals surface area (Å²) in [6.45, 7) is 9.07. The van der Waals surface area contributed by atoms with E-state index in [0.29, 0.717) is 0 Å². The van der Waals surface area contributed by atoms with Gasteiger partial charge >= 0.3 is 6.92 Å². The zero-order valence-electron chi connectivity index (χ0n) is 23.3. The van der Waals surface area contributed by atoms with Gasteiger partial charge in [-0.2, -0.15) is 0 Å². The summed E-state index contributed by atoms with van der Waals surface area (Å²) in [6, 6.07) is 31.5. The van der Waals surface area contributed by atoms with Crippen molar-refractivity contribution in [1.82, 2.24) is 19.5 Å². The lowest BCUT2D eigenvalue weighted by Crippen LogP contribution is -2.36. The van der Waals surface area contributed by atoms with Crippen LogP contribution < -0.4 is 5.46 Å². The number of rotatable bonds is 4. The molecule has 1 saturated heterocycles. The molecule has 1 aliphatic rings. The average Bonchev–Trinajstić information content (AvgIpc) is 3.42. The van der Waals surface area contributed by atoms with Gasteiger partial charge < -0.3 is 9.22 Å². The number of benzene rings is 2. The van der Waals surface area contributed by atoms with Gasteiger partial charge in [0.2, 0.25) is 0 Å². The van der Waals surface area contributed by atoms with Gasteiger partial charge in [0.05, 0.1) is 45.1 Å². The predicted molar refractivity (Wildman–Crippen MR) is 164 cm³/mol. The molecule has 2 aromatic carbocycles. The van der Waals surface area contributed by atoms with Crippen molar-refractivity contribution >= 4 is 34.2 Å². The summed E-state index contributed by atoms with van der Waals surface area (Å²) in [5, 5.41) is 2.43. The fourth-order valence-electron chi connectivity index (χ4n) is 5.85. The second-order valence-electron chi connectivity index (χ2n) is 11.9. The van der Waals surface area contributed by atoms with Gasteiger partial charge in [-0.25, -0.2) is 4.98 Å². The van der Waals surface area contributed by atoms with Crippen LogP contribution in [0.4, 0.5) is 0 Å². The number of nitrogens with zero attached hydrogens (tertiary/aromatic N) is 4. The number of fused-ring (bicyclic) bond motifs is 3. The molecule has 196 valence electrons. The molecule has 0 amide bonds. The standard InChI is InChI=1S/C34H31BN4O/c1-33(2)22-35(40-34(33,3)4)23-15-16-26-25-11-5-6-14-31(25)39(32(26)19-23)24-20-29(27-12-7-9-17-36-27)38-30(21-24)28-13-8-10-18-37-28/h5-21H,22H2,1-4H3. The highest BCUT2D eigenvalue weighted by Crippen LogP contribution is 2.45. The Morgan fingerprint density at radius 3 is 1.90 bits per heavy atom. The van der Waals surface area contributed by atoms with E-state index in [2.05, 4.69) is 96.8 Å². The highest BCUT2D eigenvalue weighted by Gasteiger charge is 2.49. The fourth-order valence-corrected chi connectivity index (χ4v) is 5.85. The van der Waals surface area contributed by atoms with Crippen LogP contribution in [0.5, 0.6) is 0 Å². The molecule has 5 heterocycles. The summed E-state index contributed by atoms with van der Waals surface area (Å²) in [6.07, 6.45) is 4.59. The lowest BCUT2D eigenvalue weighted by Gasteiger charge is -2.34. The van der Waals surface area contributed by atoms with Crippen molar-refractivity contribution in [2.45, 2.75) is 39.6 Å². The fraction of sp³-hybridized carbons (Fsp3) is 0.206. The molecule has 0 spiro atoms. The van der Waals surface area contributed by atoms with Gasteiger partial charge in [-0.1, -0.05) is 56.3 Å². The van der Waals surface area contributed by atoms with Crippen molar-refractivity contribution in [3.8, 4) is 28.5 Å². The summed E-state index contributed by atoms with van der Waals surface area (Å²) in [5.74, 6) is 0. The first-order valence-corrected chi connectivity index (χ1v) is 13.9. The molecule has 7 rings (SSSR count). The maximum Gasteiger partial charge on any atom is 0.328 e. The summed E-state index contributed by atoms with van der Waals surface area (Å²) < 4.78 is 8.98. The van der Waals surface area contributed by atoms with Crippen LogP contribution in [0, 0.1) is 5.41 Å². The Morgan fingerprint density at radius 1 is 0.675 bits per heavy atom. The second-order valence-corrected chi connectivity index (χ2v) is 11.9. The van der Waals surface area contributed by atoms with Crippen LogP contribution in [0.25, 0.3) is 50.3 Å². The maximum atomic E-state index is 6.64. The van der Waals surface area contributed by atoms with E-state index >= 15 is 0 Å². The summed E-state index contributed by atoms with van der Waals surface area (Å²) in [5.41, 5.74) is 7.68. The van der Waals surface area contributed by atoms with Gasteiger partial charge in [-0.3, -0.25) is 9.97 Å². The number of hydrogen-bond donors (Lipinski definition) is 0. The Balaban J connectivity index is 1.48. The van der Waals surface area contributed by atoms with Crippen LogP contribution in [0.3, 0.4) is 0 Å². The minimum atomic E-state index is -0.195. The quantitative estimate of drug-likeness (QED) is 0.228. The third kappa shape index (κ3) is 4.02. The molecule has 6 heteroatoms. The number of hydrogen-bond acceptors (Lipinski definition) is 4. The lowest BCUT2D eigenvalue weighted by atomic mass is 9.54. The van der Waals surface area contributed by atoms with Crippen LogP contribution in [0.2, 0.25) is 6.32 Å². The zero-order chi connectivity index (χ0) is 27.5. The SMILES string of the molecule is CC1(C)CB(c2ccc3c4ccccc4n(-c4cc(-c5ccccn5)nc(-c5ccccn5)c4)c3c2)OC1(C)C. The van der Waals surface area contributed by atoms with Crippen LogP contribution in [-0.4, -0.2) is 32.0 Å². The molecule has 0 unspecified atom stereocenters. The monoisotopic (exact) mass is 522 g/mol. The molecule has 0 aliphatic carbocycles. The largest absolute Gasteiger partial charge is 0.426 e. The highest BCUT2D eigenvalue weighted by atomic mass is 16.5. The van der Waals surface area contributed by atoms with Gasteiger partial charge in [0, 0.05) is 23.2 Å². The first kappa shape index (κ1) is 24.7. The Hall–Kier alpha value is -4.29. The molecule has 0 atom stereocenters. The molecule has 0 radical (unpaired) electrons. The van der Waals surface area contributed by atoms with Crippen LogP contribution >= 0.6 is 0 Å². The van der Waals surface area contributed by atoms with Crippen molar-refractivity contribution in [3.05, 3.63) is 103 Å². The van der Waals surface area contributed by atoms with Crippen molar-refractivity contribution in [2.75, 3.05) is 0 Å². The molecule has 1 aliphatic heterocycles. The molecule has 6 aromatic rings. The van der Waals surface area contributed by atoms with Crippen molar-refractivity contribution in [2.24, 2.45) is 5.41 Å². The van der Waals surface area contributed by atoms with Gasteiger partial charge in [0.1, 0.15) is 0 Å². The van der Waals surface area contributed by atoms with E-state index in [1.165, 1.54) is 16.2 Å². The zero-order valence-corrected chi connectivity index (χ0v) is 23.3. The van der Waals surface area contributed by atoms with E-state index in [0.717, 1.165) is 45.8 Å². The van der Waals surface area contributed by atoms with Gasteiger partial charge in [0.25, 0.3) is 0 Å². The number of aromatic nitrogens is 4. The average molecular weight is 522 g/mol. The van der Waals surface area contributed by atoms with Crippen LogP contribution in [-0.2, 0) is 4.65 Å². The van der Waals surface area contributed by atoms with Gasteiger partial charge in [0.15, 0.2) is 0 Å². The summed E-state index contributed by atoms with van der Waals surface area (Å²) in [4.78, 5) is 14.2. The third-order valence-corrected chi connectivity index (χ3v) is 8.75. The Bertz CT molecular complexity index is 1790.